The Balaban J connectivity index is -0.0000000531. The molecule has 0 aliphatic rings. The maximum absolute atomic E-state index is 9.96. The van der Waals surface area contributed by atoms with Crippen LogP contribution in [0.1, 0.15) is 72.0 Å². The Labute approximate surface area is 301 Å². The molecule has 1 aromatic heterocycles. The zero-order valence-corrected chi connectivity index (χ0v) is 31.8. The summed E-state index contributed by atoms with van der Waals surface area (Å²) < 4.78 is 0. The first-order valence-electron chi connectivity index (χ1n) is 9.56. The number of amides is 1. The minimum Gasteiger partial charge on any atom is -0.481 e. The topological polar surface area (TPSA) is 139 Å². The second-order valence-corrected chi connectivity index (χ2v) is 5.61. The molecule has 0 saturated carbocycles. The number of nitrogens with zero attached hydrogens (tertiary/aromatic N) is 4. The van der Waals surface area contributed by atoms with Gasteiger partial charge in [-0.2, -0.15) is 52.2 Å². The molecule has 4 N–H and O–H groups in total. The summed E-state index contributed by atoms with van der Waals surface area (Å²) in [5.41, 5.74) is 4.82. The van der Waals surface area contributed by atoms with Gasteiger partial charge in [0.25, 0.3) is 0 Å². The van der Waals surface area contributed by atoms with Gasteiger partial charge in [0.05, 0.1) is 0 Å². The first-order valence-corrected chi connectivity index (χ1v) is 9.56. The largest absolute Gasteiger partial charge is 0.481 e. The van der Waals surface area contributed by atoms with Gasteiger partial charge in [-0.1, -0.05) is 5.21 Å². The van der Waals surface area contributed by atoms with Gasteiger partial charge < -0.3 is 41.4 Å². The minimum absolute atomic E-state index is 0. The summed E-state index contributed by atoms with van der Waals surface area (Å²) in [5.74, 6) is -0.163. The van der Waals surface area contributed by atoms with Crippen molar-refractivity contribution in [3.8, 4) is 0 Å². The minimum atomic E-state index is -0.724. The molecule has 4 radical (unpaired) electrons. The molecule has 9 nitrogen and oxygen atoms in total. The average Bonchev–Trinajstić information content (AvgIpc) is 3.22. The Morgan fingerprint density at radius 3 is 1.67 bits per heavy atom. The van der Waals surface area contributed by atoms with Crippen molar-refractivity contribution in [3.63, 3.8) is 0 Å². The van der Waals surface area contributed by atoms with E-state index in [1.807, 2.05) is 47.0 Å². The maximum Gasteiger partial charge on any atom is 0.300 e. The van der Waals surface area contributed by atoms with E-state index in [0.717, 1.165) is 31.5 Å². The van der Waals surface area contributed by atoms with Crippen LogP contribution in [0.15, 0.2) is 0 Å². The number of primary amides is 1. The van der Waals surface area contributed by atoms with Crippen molar-refractivity contribution in [1.82, 2.24) is 20.6 Å². The Hall–Kier alpha value is 1.92. The van der Waals surface area contributed by atoms with Crippen molar-refractivity contribution in [2.24, 2.45) is 5.73 Å². The number of aryl methyl sites for hydroxylation is 1. The summed E-state index contributed by atoms with van der Waals surface area (Å²) in [6.45, 7) is 14.7. The number of aliphatic carboxylic acids is 1. The van der Waals surface area contributed by atoms with Crippen LogP contribution >= 0.6 is 0 Å². The van der Waals surface area contributed by atoms with Crippen LogP contribution < -0.4 is 5.73 Å². The van der Waals surface area contributed by atoms with E-state index in [4.69, 9.17) is 17.4 Å². The molecule has 33 heavy (non-hydrogen) atoms. The summed E-state index contributed by atoms with van der Waals surface area (Å²) in [6.07, 6.45) is 12.9. The number of aromatic nitrogens is 4. The summed E-state index contributed by atoms with van der Waals surface area (Å²) in [4.78, 5) is 22.8. The van der Waals surface area contributed by atoms with Crippen molar-refractivity contribution in [1.29, 1.82) is 0 Å². The van der Waals surface area contributed by atoms with E-state index in [2.05, 4.69) is 31.9 Å². The first kappa shape index (κ1) is 51.5. The molecule has 0 bridgehead atoms. The van der Waals surface area contributed by atoms with E-state index in [0.29, 0.717) is 19.4 Å². The normalized spacial score (nSPS) is 7.73. The maximum atomic E-state index is 9.96. The number of carboxylic acid groups (broad SMARTS) is 1. The van der Waals surface area contributed by atoms with E-state index >= 15 is 0 Å². The Morgan fingerprint density at radius 1 is 0.939 bits per heavy atom. The number of carbonyl (C=O) groups excluding carboxylic acids is 1. The van der Waals surface area contributed by atoms with Crippen LogP contribution in [0, 0.1) is 32.3 Å². The molecule has 1 amide bonds. The number of rotatable bonds is 11. The summed E-state index contributed by atoms with van der Waals surface area (Å²) in [5, 5.41) is 21.4. The van der Waals surface area contributed by atoms with E-state index in [1.54, 1.807) is 0 Å². The molecule has 180 valence electrons. The number of aromatic amines is 1. The third-order valence-corrected chi connectivity index (χ3v) is 2.90. The molecule has 0 aliphatic heterocycles. The predicted octanol–water partition coefficient (Wildman–Crippen LogP) is 3.42. The number of carbonyl (C=O) groups is 2. The van der Waals surface area contributed by atoms with Gasteiger partial charge in [0.15, 0.2) is 12.4 Å². The zero-order chi connectivity index (χ0) is 22.8. The molecular formula is C20H36N6O3Y4-4. The van der Waals surface area contributed by atoms with Gasteiger partial charge >= 0.3 is 5.97 Å². The van der Waals surface area contributed by atoms with Gasteiger partial charge in [0.2, 0.25) is 5.91 Å². The standard InChI is InChI=1S/C5H9N4.C5H10NO.C5H8N.C5H9O2.4Y/c1-2-3-4-5-6-8-9-7-5;1-2-3-4-5(6)7;1-3-4-5-6-2;1-2-3-4-5(6)7;;;;/h2H,3-4H2,1H3,(H,6,7,8,9);2H,3-4H2,1H3,(H2,6,7);3H,4-5H2,1H3;2H,3-4H2,1H3,(H,6,7);;;;/q4*-1;;;;. The molecule has 1 rings (SSSR count). The second-order valence-electron chi connectivity index (χ2n) is 5.61. The van der Waals surface area contributed by atoms with Gasteiger partial charge in [-0.3, -0.25) is 9.59 Å². The average molecular weight is 764 g/mol. The van der Waals surface area contributed by atoms with E-state index in [-0.39, 0.29) is 143 Å². The molecule has 0 fully saturated rings. The number of nitrogens with two attached hydrogens (primary N) is 1. The van der Waals surface area contributed by atoms with E-state index in [9.17, 15) is 9.59 Å². The molecule has 0 aliphatic carbocycles. The smallest absolute Gasteiger partial charge is 0.300 e. The van der Waals surface area contributed by atoms with Crippen molar-refractivity contribution >= 4 is 11.9 Å². The molecule has 0 spiro atoms. The van der Waals surface area contributed by atoms with Crippen LogP contribution in [0.4, 0.5) is 0 Å². The molecule has 0 unspecified atom stereocenters. The van der Waals surface area contributed by atoms with Crippen molar-refractivity contribution < 1.29 is 146 Å². The molecule has 0 atom stereocenters. The van der Waals surface area contributed by atoms with E-state index in [1.165, 1.54) is 0 Å². The number of carboxylic acids is 1. The van der Waals surface area contributed by atoms with Crippen LogP contribution in [0.5, 0.6) is 0 Å². The fourth-order valence-electron chi connectivity index (χ4n) is 1.31. The fraction of sp³-hybridized carbons (Fsp3) is 0.600. The Bertz CT molecular complexity index is 500. The SMILES string of the molecule is C[CH-]CCC(=O)O.C[CH-]CCC(N)=O.C[CH-]CCc1nn[nH]n1.[C-]#[N+]CC[CH-]C.[Y].[Y].[Y].[Y]. The molecule has 0 aromatic carbocycles. The number of H-pyrrole nitrogens is 1. The van der Waals surface area contributed by atoms with Gasteiger partial charge in [-0.05, 0) is 12.8 Å². The van der Waals surface area contributed by atoms with Crippen LogP contribution in [0.3, 0.4) is 0 Å². The van der Waals surface area contributed by atoms with Gasteiger partial charge in [-0.15, -0.1) is 16.6 Å². The van der Waals surface area contributed by atoms with Crippen LogP contribution in [-0.2, 0) is 147 Å². The van der Waals surface area contributed by atoms with Crippen molar-refractivity contribution in [2.75, 3.05) is 6.54 Å². The predicted molar refractivity (Wildman–Crippen MR) is 114 cm³/mol. The Kier molecular flexibility index (Phi) is 73.6. The summed E-state index contributed by atoms with van der Waals surface area (Å²) in [6, 6.07) is 0. The molecular weight excluding hydrogens is 728 g/mol. The molecule has 1 heterocycles. The van der Waals surface area contributed by atoms with Crippen LogP contribution in [0.25, 0.3) is 4.85 Å². The first-order chi connectivity index (χ1) is 13.9. The third kappa shape index (κ3) is 60.4. The number of hydrogen-bond acceptors (Lipinski definition) is 5. The second kappa shape index (κ2) is 47.2. The molecule has 13 heteroatoms. The molecule has 1 aromatic rings. The van der Waals surface area contributed by atoms with Crippen molar-refractivity contribution in [2.45, 2.75) is 72.6 Å². The van der Waals surface area contributed by atoms with Gasteiger partial charge in [0.1, 0.15) is 0 Å². The number of unbranched alkanes of at least 4 members (excludes halogenated alkanes) is 4. The number of tetrazole rings is 1. The third-order valence-electron chi connectivity index (χ3n) is 2.90. The number of hydrogen-bond donors (Lipinski definition) is 3. The van der Waals surface area contributed by atoms with Crippen molar-refractivity contribution in [3.05, 3.63) is 42.9 Å². The zero-order valence-electron chi connectivity index (χ0n) is 20.4. The quantitative estimate of drug-likeness (QED) is 0.234. The number of nitrogens with one attached hydrogen (secondary N) is 1. The van der Waals surface area contributed by atoms with Gasteiger partial charge in [-0.25, -0.2) is 6.57 Å². The Morgan fingerprint density at radius 2 is 1.42 bits per heavy atom. The van der Waals surface area contributed by atoms with Crippen LogP contribution in [0.2, 0.25) is 0 Å². The van der Waals surface area contributed by atoms with Crippen LogP contribution in [-0.4, -0.2) is 44.2 Å². The monoisotopic (exact) mass is 764 g/mol. The summed E-state index contributed by atoms with van der Waals surface area (Å²) >= 11 is 0. The van der Waals surface area contributed by atoms with Gasteiger partial charge in [0, 0.05) is 137 Å². The fourth-order valence-corrected chi connectivity index (χ4v) is 1.31. The summed E-state index contributed by atoms with van der Waals surface area (Å²) in [7, 11) is 0. The van der Waals surface area contributed by atoms with E-state index < -0.39 is 5.97 Å². The molecule has 0 saturated heterocycles.